The summed E-state index contributed by atoms with van der Waals surface area (Å²) in [6.07, 6.45) is 6.67. The first kappa shape index (κ1) is 25.4. The van der Waals surface area contributed by atoms with Crippen LogP contribution in [0.2, 0.25) is 0 Å². The molecule has 0 aliphatic heterocycles. The maximum Gasteiger partial charge on any atom is 0.191 e. The number of imidazole rings is 1. The summed E-state index contributed by atoms with van der Waals surface area (Å²) in [6, 6.07) is 5.22. The number of nitrogens with one attached hydrogen (secondary N) is 2. The van der Waals surface area contributed by atoms with Gasteiger partial charge in [-0.05, 0) is 52.7 Å². The molecule has 0 saturated carbocycles. The summed E-state index contributed by atoms with van der Waals surface area (Å²) in [5, 5.41) is 6.74. The summed E-state index contributed by atoms with van der Waals surface area (Å²) < 4.78 is 1.97. The molecule has 0 spiro atoms. The van der Waals surface area contributed by atoms with Gasteiger partial charge in [-0.15, -0.1) is 24.0 Å². The largest absolute Gasteiger partial charge is 0.356 e. The number of nitrogens with zero attached hydrogens (tertiary/aromatic N) is 5. The van der Waals surface area contributed by atoms with Gasteiger partial charge in [0.25, 0.3) is 0 Å². The summed E-state index contributed by atoms with van der Waals surface area (Å²) in [6.45, 7) is 13.6. The highest BCUT2D eigenvalue weighted by molar-refractivity contribution is 14.0. The van der Waals surface area contributed by atoms with Crippen LogP contribution in [0.1, 0.15) is 45.5 Å². The standard InChI is InChI=1S/C21H35N7.HI/c1-16(2)27(17(3)4)12-7-10-24-21(22-6)26-15-19-8-9-20(25-14-19)28-13-11-23-18(28)5;/h8-9,11,13-14,16-17H,7,10,12,15H2,1-6H3,(H2,22,24,26);1H. The van der Waals surface area contributed by atoms with Crippen LogP contribution in [0.25, 0.3) is 5.82 Å². The highest BCUT2D eigenvalue weighted by atomic mass is 127. The summed E-state index contributed by atoms with van der Waals surface area (Å²) in [7, 11) is 1.80. The minimum atomic E-state index is 0. The van der Waals surface area contributed by atoms with Crippen LogP contribution in [0.5, 0.6) is 0 Å². The van der Waals surface area contributed by atoms with Gasteiger partial charge in [0.15, 0.2) is 5.96 Å². The quantitative estimate of drug-likeness (QED) is 0.233. The normalized spacial score (nSPS) is 11.8. The van der Waals surface area contributed by atoms with Crippen molar-refractivity contribution in [2.75, 3.05) is 20.1 Å². The molecule has 0 aliphatic carbocycles. The number of hydrogen-bond donors (Lipinski definition) is 2. The molecule has 0 bridgehead atoms. The first-order valence-corrected chi connectivity index (χ1v) is 10.1. The zero-order valence-electron chi connectivity index (χ0n) is 18.5. The minimum absolute atomic E-state index is 0. The number of hydrogen-bond acceptors (Lipinski definition) is 4. The van der Waals surface area contributed by atoms with Crippen molar-refractivity contribution >= 4 is 29.9 Å². The van der Waals surface area contributed by atoms with E-state index in [-0.39, 0.29) is 24.0 Å². The third-order valence-electron chi connectivity index (χ3n) is 4.78. The van der Waals surface area contributed by atoms with Crippen molar-refractivity contribution < 1.29 is 0 Å². The lowest BCUT2D eigenvalue weighted by atomic mass is 10.2. The van der Waals surface area contributed by atoms with Gasteiger partial charge >= 0.3 is 0 Å². The van der Waals surface area contributed by atoms with Crippen LogP contribution in [0.4, 0.5) is 0 Å². The van der Waals surface area contributed by atoms with Crippen molar-refractivity contribution in [2.24, 2.45) is 4.99 Å². The van der Waals surface area contributed by atoms with Gasteiger partial charge in [-0.1, -0.05) is 6.07 Å². The average Bonchev–Trinajstić information content (AvgIpc) is 3.09. The van der Waals surface area contributed by atoms with Gasteiger partial charge < -0.3 is 10.6 Å². The van der Waals surface area contributed by atoms with Gasteiger partial charge in [-0.25, -0.2) is 9.97 Å². The molecule has 0 aromatic carbocycles. The molecule has 0 fully saturated rings. The van der Waals surface area contributed by atoms with E-state index in [4.69, 9.17) is 0 Å². The van der Waals surface area contributed by atoms with E-state index in [2.05, 4.69) is 64.3 Å². The fourth-order valence-electron chi connectivity index (χ4n) is 3.27. The predicted octanol–water partition coefficient (Wildman–Crippen LogP) is 3.37. The molecule has 2 aromatic heterocycles. The highest BCUT2D eigenvalue weighted by Crippen LogP contribution is 2.08. The van der Waals surface area contributed by atoms with E-state index in [0.717, 1.165) is 42.7 Å². The van der Waals surface area contributed by atoms with E-state index >= 15 is 0 Å². The summed E-state index contributed by atoms with van der Waals surface area (Å²) >= 11 is 0. The maximum absolute atomic E-state index is 4.53. The van der Waals surface area contributed by atoms with Crippen molar-refractivity contribution in [2.45, 2.75) is 59.7 Å². The second-order valence-electron chi connectivity index (χ2n) is 7.50. The minimum Gasteiger partial charge on any atom is -0.356 e. The lowest BCUT2D eigenvalue weighted by Gasteiger charge is -2.30. The molecule has 2 rings (SSSR count). The van der Waals surface area contributed by atoms with E-state index in [9.17, 15) is 0 Å². The number of guanidine groups is 1. The molecule has 29 heavy (non-hydrogen) atoms. The third kappa shape index (κ3) is 7.93. The molecule has 0 radical (unpaired) electrons. The number of aromatic nitrogens is 3. The topological polar surface area (TPSA) is 70.4 Å². The van der Waals surface area contributed by atoms with Gasteiger partial charge in [0.05, 0.1) is 0 Å². The third-order valence-corrected chi connectivity index (χ3v) is 4.78. The van der Waals surface area contributed by atoms with Crippen molar-refractivity contribution in [1.29, 1.82) is 0 Å². The van der Waals surface area contributed by atoms with Gasteiger partial charge in [0.1, 0.15) is 11.6 Å². The molecule has 0 saturated heterocycles. The van der Waals surface area contributed by atoms with Crippen LogP contribution in [0, 0.1) is 6.92 Å². The van der Waals surface area contributed by atoms with Crippen LogP contribution >= 0.6 is 24.0 Å². The average molecular weight is 513 g/mol. The molecular weight excluding hydrogens is 477 g/mol. The van der Waals surface area contributed by atoms with Gasteiger partial charge in [0.2, 0.25) is 0 Å². The van der Waals surface area contributed by atoms with Crippen molar-refractivity contribution in [1.82, 2.24) is 30.1 Å². The number of aliphatic imine (C=N–C) groups is 1. The van der Waals surface area contributed by atoms with Crippen molar-refractivity contribution in [3.8, 4) is 5.82 Å². The Morgan fingerprint density at radius 3 is 2.38 bits per heavy atom. The Hall–Kier alpha value is -1.68. The molecular formula is C21H36IN7. The number of rotatable bonds is 9. The molecule has 2 heterocycles. The zero-order valence-corrected chi connectivity index (χ0v) is 20.8. The molecule has 162 valence electrons. The van der Waals surface area contributed by atoms with Gasteiger partial charge in [-0.2, -0.15) is 0 Å². The second kappa shape index (κ2) is 12.8. The zero-order chi connectivity index (χ0) is 20.5. The summed E-state index contributed by atoms with van der Waals surface area (Å²) in [5.41, 5.74) is 1.11. The summed E-state index contributed by atoms with van der Waals surface area (Å²) in [5.74, 6) is 2.62. The highest BCUT2D eigenvalue weighted by Gasteiger charge is 2.12. The van der Waals surface area contributed by atoms with E-state index in [0.29, 0.717) is 18.6 Å². The van der Waals surface area contributed by atoms with E-state index in [1.165, 1.54) is 0 Å². The SMILES string of the molecule is CN=C(NCCCN(C(C)C)C(C)C)NCc1ccc(-n2ccnc2C)nc1.I. The Morgan fingerprint density at radius 1 is 1.14 bits per heavy atom. The van der Waals surface area contributed by atoms with Gasteiger partial charge in [-0.3, -0.25) is 14.5 Å². The number of pyridine rings is 1. The lowest BCUT2D eigenvalue weighted by Crippen LogP contribution is -2.41. The Bertz CT molecular complexity index is 730. The van der Waals surface area contributed by atoms with Crippen LogP contribution in [-0.2, 0) is 6.54 Å². The van der Waals surface area contributed by atoms with Crippen LogP contribution in [-0.4, -0.2) is 57.6 Å². The van der Waals surface area contributed by atoms with Crippen molar-refractivity contribution in [3.05, 3.63) is 42.1 Å². The molecule has 0 amide bonds. The summed E-state index contributed by atoms with van der Waals surface area (Å²) in [4.78, 5) is 15.6. The molecule has 0 aliphatic rings. The molecule has 0 atom stereocenters. The molecule has 0 unspecified atom stereocenters. The van der Waals surface area contributed by atoms with Crippen LogP contribution in [0.3, 0.4) is 0 Å². The fraction of sp³-hybridized carbons (Fsp3) is 0.571. The van der Waals surface area contributed by atoms with E-state index < -0.39 is 0 Å². The monoisotopic (exact) mass is 513 g/mol. The molecule has 7 nitrogen and oxygen atoms in total. The van der Waals surface area contributed by atoms with Crippen LogP contribution < -0.4 is 10.6 Å². The first-order chi connectivity index (χ1) is 13.4. The Kier molecular flexibility index (Phi) is 11.2. The number of aryl methyl sites for hydroxylation is 1. The molecule has 2 aromatic rings. The van der Waals surface area contributed by atoms with E-state index in [1.54, 1.807) is 13.2 Å². The Morgan fingerprint density at radius 2 is 1.86 bits per heavy atom. The smallest absolute Gasteiger partial charge is 0.191 e. The Balaban J connectivity index is 0.00000420. The number of halogens is 1. The first-order valence-electron chi connectivity index (χ1n) is 10.1. The Labute approximate surface area is 192 Å². The van der Waals surface area contributed by atoms with Crippen molar-refractivity contribution in [3.63, 3.8) is 0 Å². The lowest BCUT2D eigenvalue weighted by molar-refractivity contribution is 0.173. The predicted molar refractivity (Wildman–Crippen MR) is 131 cm³/mol. The molecule has 2 N–H and O–H groups in total. The van der Waals surface area contributed by atoms with Gasteiger partial charge in [0, 0.05) is 57.4 Å². The molecule has 8 heteroatoms. The van der Waals surface area contributed by atoms with E-state index in [1.807, 2.05) is 30.0 Å². The maximum atomic E-state index is 4.53. The van der Waals surface area contributed by atoms with Crippen LogP contribution in [0.15, 0.2) is 35.7 Å². The fourth-order valence-corrected chi connectivity index (χ4v) is 3.27. The second-order valence-corrected chi connectivity index (χ2v) is 7.50.